The molecule has 2 saturated heterocycles. The molecule has 0 saturated carbocycles. The van der Waals surface area contributed by atoms with Crippen molar-refractivity contribution >= 4 is 60.7 Å². The second kappa shape index (κ2) is 13.3. The van der Waals surface area contributed by atoms with E-state index in [0.29, 0.717) is 22.1 Å². The van der Waals surface area contributed by atoms with E-state index in [4.69, 9.17) is 9.31 Å². The summed E-state index contributed by atoms with van der Waals surface area (Å²) >= 11 is 0. The largest absolute Gasteiger partial charge is 0.491 e. The maximum atomic E-state index is 14.1. The van der Waals surface area contributed by atoms with E-state index in [1.165, 1.54) is 30.3 Å². The molecular formula is C29H27B2F3N4O11. The van der Waals surface area contributed by atoms with Crippen LogP contribution in [0.4, 0.5) is 13.2 Å². The highest BCUT2D eigenvalue weighted by Crippen LogP contribution is 2.27. The van der Waals surface area contributed by atoms with Gasteiger partial charge in [-0.2, -0.15) is 13.2 Å². The molecular weight excluding hydrogens is 659 g/mol. The molecule has 3 atom stereocenters. The van der Waals surface area contributed by atoms with Crippen molar-refractivity contribution in [3.8, 4) is 0 Å². The predicted molar refractivity (Wildman–Crippen MR) is 158 cm³/mol. The summed E-state index contributed by atoms with van der Waals surface area (Å²) in [5.41, 5.74) is 2.05. The van der Waals surface area contributed by atoms with Gasteiger partial charge < -0.3 is 39.7 Å². The van der Waals surface area contributed by atoms with Crippen LogP contribution in [0.25, 0.3) is 0 Å². The number of nitrogens with one attached hydrogen (secondary N) is 2. The maximum absolute atomic E-state index is 14.1. The van der Waals surface area contributed by atoms with Crippen LogP contribution in [0.2, 0.25) is 0 Å². The van der Waals surface area contributed by atoms with Crippen LogP contribution >= 0.6 is 0 Å². The van der Waals surface area contributed by atoms with E-state index in [2.05, 4.69) is 10.2 Å². The van der Waals surface area contributed by atoms with Gasteiger partial charge in [0, 0.05) is 36.6 Å². The standard InChI is InChI=1S/C29H27B2F3N4O11/c32-29(33,34)22(10-25(41)49-38-23(39)5-6-24(38)40)36-27(43)21-9-18(35-26(42)14-1-3-16-12-47-30(45)19(16)7-14)11-37(21)28(44)15-2-4-17-13-48-31(46)20(17)8-15/h1-4,7-8,18,21-22,45-46H,5-6,9-13H2,(H,35,42)(H,36,43)/t18-,21+,22+/m1/s1. The lowest BCUT2D eigenvalue weighted by Gasteiger charge is -2.27. The number of carbonyl (C=O) groups excluding carboxylic acids is 6. The lowest BCUT2D eigenvalue weighted by molar-refractivity contribution is -0.203. The monoisotopic (exact) mass is 686 g/mol. The molecule has 49 heavy (non-hydrogen) atoms. The number of alkyl halides is 3. The molecule has 0 aliphatic carbocycles. The number of rotatable bonds is 8. The third-order valence-electron chi connectivity index (χ3n) is 8.61. The SMILES string of the molecule is O=C(C[C@H](NC(=O)[C@@H]1C[C@@H](NC(=O)c2ccc3c(c2)B(O)OC3)CN1C(=O)c1ccc2c(c1)B(O)OC2)C(F)(F)F)ON1C(=O)CCC1=O. The number of hydroxylamine groups is 2. The first-order chi connectivity index (χ1) is 23.2. The third-order valence-corrected chi connectivity index (χ3v) is 8.61. The lowest BCUT2D eigenvalue weighted by atomic mass is 9.78. The number of nitrogens with zero attached hydrogens (tertiary/aromatic N) is 2. The average molecular weight is 686 g/mol. The number of imide groups is 1. The van der Waals surface area contributed by atoms with Crippen molar-refractivity contribution in [1.29, 1.82) is 0 Å². The fraction of sp³-hybridized carbons (Fsp3) is 0.379. The van der Waals surface area contributed by atoms with Crippen molar-refractivity contribution in [2.45, 2.75) is 63.2 Å². The molecule has 4 aliphatic heterocycles. The van der Waals surface area contributed by atoms with Gasteiger partial charge in [0.15, 0.2) is 0 Å². The molecule has 2 fully saturated rings. The van der Waals surface area contributed by atoms with Crippen molar-refractivity contribution < 1.29 is 66.1 Å². The second-order valence-corrected chi connectivity index (χ2v) is 11.9. The van der Waals surface area contributed by atoms with Gasteiger partial charge >= 0.3 is 26.4 Å². The Hall–Kier alpha value is -4.78. The highest BCUT2D eigenvalue weighted by Gasteiger charge is 2.47. The van der Waals surface area contributed by atoms with E-state index in [9.17, 15) is 52.0 Å². The maximum Gasteiger partial charge on any atom is 0.491 e. The Morgan fingerprint density at radius 1 is 0.939 bits per heavy atom. The van der Waals surface area contributed by atoms with Gasteiger partial charge in [0.1, 0.15) is 12.1 Å². The fourth-order valence-electron chi connectivity index (χ4n) is 6.03. The van der Waals surface area contributed by atoms with Crippen LogP contribution in [0.5, 0.6) is 0 Å². The van der Waals surface area contributed by atoms with Gasteiger partial charge in [-0.1, -0.05) is 12.1 Å². The molecule has 15 nitrogen and oxygen atoms in total. The number of amides is 5. The zero-order valence-corrected chi connectivity index (χ0v) is 25.4. The van der Waals surface area contributed by atoms with Crippen LogP contribution < -0.4 is 21.6 Å². The van der Waals surface area contributed by atoms with Gasteiger partial charge in [0.05, 0.1) is 19.6 Å². The Morgan fingerprint density at radius 2 is 1.51 bits per heavy atom. The Balaban J connectivity index is 1.21. The van der Waals surface area contributed by atoms with Gasteiger partial charge in [-0.25, -0.2) is 4.79 Å². The normalized spacial score (nSPS) is 20.8. The Kier molecular flexibility index (Phi) is 9.23. The topological polar surface area (TPSA) is 201 Å². The zero-order chi connectivity index (χ0) is 35.2. The summed E-state index contributed by atoms with van der Waals surface area (Å²) in [5.74, 6) is -6.19. The number of carbonyl (C=O) groups is 6. The zero-order valence-electron chi connectivity index (χ0n) is 25.4. The van der Waals surface area contributed by atoms with Crippen LogP contribution in [0.3, 0.4) is 0 Å². The number of hydrogen-bond donors (Lipinski definition) is 4. The molecule has 4 heterocycles. The number of hydrogen-bond acceptors (Lipinski definition) is 11. The van der Waals surface area contributed by atoms with Crippen LogP contribution in [0, 0.1) is 0 Å². The minimum absolute atomic E-state index is 0.0171. The first-order valence-corrected chi connectivity index (χ1v) is 15.1. The van der Waals surface area contributed by atoms with Crippen LogP contribution in [-0.2, 0) is 46.5 Å². The summed E-state index contributed by atoms with van der Waals surface area (Å²) in [7, 11) is -2.55. The van der Waals surface area contributed by atoms with E-state index < -0.39 is 80.5 Å². The van der Waals surface area contributed by atoms with E-state index >= 15 is 0 Å². The fourth-order valence-corrected chi connectivity index (χ4v) is 6.03. The van der Waals surface area contributed by atoms with Crippen molar-refractivity contribution in [3.63, 3.8) is 0 Å². The van der Waals surface area contributed by atoms with Crippen molar-refractivity contribution in [1.82, 2.24) is 20.6 Å². The summed E-state index contributed by atoms with van der Waals surface area (Å²) in [5, 5.41) is 24.6. The van der Waals surface area contributed by atoms with Crippen LogP contribution in [-0.4, -0.2) is 101 Å². The van der Waals surface area contributed by atoms with Crippen LogP contribution in [0.15, 0.2) is 36.4 Å². The molecule has 256 valence electrons. The molecule has 5 amide bonds. The molecule has 0 radical (unpaired) electrons. The first-order valence-electron chi connectivity index (χ1n) is 15.1. The molecule has 0 bridgehead atoms. The molecule has 6 rings (SSSR count). The summed E-state index contributed by atoms with van der Waals surface area (Å²) in [6.45, 7) is -0.0831. The highest BCUT2D eigenvalue weighted by molar-refractivity contribution is 6.62. The molecule has 0 aromatic heterocycles. The highest BCUT2D eigenvalue weighted by atomic mass is 19.4. The van der Waals surface area contributed by atoms with Crippen molar-refractivity contribution in [2.75, 3.05) is 6.54 Å². The molecule has 20 heteroatoms. The van der Waals surface area contributed by atoms with E-state index in [1.807, 2.05) is 0 Å². The predicted octanol–water partition coefficient (Wildman–Crippen LogP) is -1.82. The van der Waals surface area contributed by atoms with E-state index in [-0.39, 0.29) is 55.2 Å². The number of likely N-dealkylation sites (tertiary alicyclic amines) is 1. The second-order valence-electron chi connectivity index (χ2n) is 11.9. The van der Waals surface area contributed by atoms with Crippen molar-refractivity contribution in [2.24, 2.45) is 0 Å². The van der Waals surface area contributed by atoms with Gasteiger partial charge in [-0.3, -0.25) is 24.0 Å². The Bertz CT molecular complexity index is 1730. The molecule has 4 aliphatic rings. The Morgan fingerprint density at radius 3 is 2.10 bits per heavy atom. The third kappa shape index (κ3) is 7.03. The van der Waals surface area contributed by atoms with E-state index in [1.54, 1.807) is 11.4 Å². The smallest absolute Gasteiger partial charge is 0.423 e. The molecule has 2 aromatic carbocycles. The number of fused-ring (bicyclic) bond motifs is 2. The van der Waals surface area contributed by atoms with Gasteiger partial charge in [0.2, 0.25) is 5.91 Å². The quantitative estimate of drug-likeness (QED) is 0.180. The van der Waals surface area contributed by atoms with Gasteiger partial charge in [-0.15, -0.1) is 5.06 Å². The summed E-state index contributed by atoms with van der Waals surface area (Å²) in [4.78, 5) is 81.8. The molecule has 4 N–H and O–H groups in total. The number of halogens is 3. The lowest BCUT2D eigenvalue weighted by Crippen LogP contribution is -2.53. The van der Waals surface area contributed by atoms with E-state index in [0.717, 1.165) is 4.90 Å². The van der Waals surface area contributed by atoms with Gasteiger partial charge in [-0.05, 0) is 52.7 Å². The van der Waals surface area contributed by atoms with Crippen molar-refractivity contribution in [3.05, 3.63) is 58.7 Å². The minimum atomic E-state index is -5.20. The van der Waals surface area contributed by atoms with Gasteiger partial charge in [0.25, 0.3) is 23.6 Å². The summed E-state index contributed by atoms with van der Waals surface area (Å²) in [6, 6.07) is 3.39. The molecule has 0 unspecified atom stereocenters. The summed E-state index contributed by atoms with van der Waals surface area (Å²) in [6.07, 6.45) is -7.60. The summed E-state index contributed by atoms with van der Waals surface area (Å²) < 4.78 is 52.5. The molecule has 0 spiro atoms. The first kappa shape index (κ1) is 34.1. The average Bonchev–Trinajstić information content (AvgIpc) is 3.83. The number of benzene rings is 2. The minimum Gasteiger partial charge on any atom is -0.423 e. The Labute approximate surface area is 275 Å². The molecule has 2 aromatic rings. The van der Waals surface area contributed by atoms with Crippen LogP contribution in [0.1, 0.15) is 57.5 Å².